The predicted molar refractivity (Wildman–Crippen MR) is 51.3 cm³/mol. The summed E-state index contributed by atoms with van der Waals surface area (Å²) in [5, 5.41) is 0.777. The number of hydrogen-bond acceptors (Lipinski definition) is 4. The van der Waals surface area contributed by atoms with Gasteiger partial charge in [0, 0.05) is 11.8 Å². The second-order valence-corrected chi connectivity index (χ2v) is 3.08. The van der Waals surface area contributed by atoms with Gasteiger partial charge in [0.25, 0.3) is 0 Å². The molecule has 0 fully saturated rings. The second kappa shape index (κ2) is 3.09. The number of rotatable bonds is 1. The molecule has 0 unspecified atom stereocenters. The molecule has 2 rings (SSSR count). The molecule has 0 bridgehead atoms. The Labute approximate surface area is 80.3 Å². The largest absolute Gasteiger partial charge is 0.464 e. The van der Waals surface area contributed by atoms with E-state index in [1.165, 1.54) is 6.08 Å². The minimum Gasteiger partial charge on any atom is -0.464 e. The molecule has 0 aliphatic carbocycles. The molecule has 2 aromatic heterocycles. The Kier molecular flexibility index (Phi) is 1.91. The number of nitrogens with zero attached hydrogens (tertiary/aromatic N) is 2. The Balaban J connectivity index is 2.90. The van der Waals surface area contributed by atoms with E-state index in [0.717, 1.165) is 16.6 Å². The van der Waals surface area contributed by atoms with Crippen molar-refractivity contribution in [3.63, 3.8) is 0 Å². The van der Waals surface area contributed by atoms with Crippen LogP contribution < -0.4 is 0 Å². The Morgan fingerprint density at radius 1 is 1.50 bits per heavy atom. The summed E-state index contributed by atoms with van der Waals surface area (Å²) >= 11 is 0. The number of carbonyl (C=O) groups excluding carboxylic acids is 1. The van der Waals surface area contributed by atoms with Crippen LogP contribution in [0.1, 0.15) is 11.3 Å². The molecule has 14 heavy (non-hydrogen) atoms. The van der Waals surface area contributed by atoms with Crippen molar-refractivity contribution in [1.29, 1.82) is 0 Å². The van der Waals surface area contributed by atoms with Gasteiger partial charge in [-0.1, -0.05) is 0 Å². The van der Waals surface area contributed by atoms with Crippen LogP contribution >= 0.6 is 0 Å². The van der Waals surface area contributed by atoms with Crippen molar-refractivity contribution < 1.29 is 9.21 Å². The first-order valence-corrected chi connectivity index (χ1v) is 4.15. The van der Waals surface area contributed by atoms with Gasteiger partial charge in [-0.2, -0.15) is 0 Å². The highest BCUT2D eigenvalue weighted by atomic mass is 16.3. The van der Waals surface area contributed by atoms with Gasteiger partial charge in [-0.25, -0.2) is 9.78 Å². The van der Waals surface area contributed by atoms with Crippen LogP contribution in [0.4, 0.5) is 5.82 Å². The molecule has 0 aromatic carbocycles. The van der Waals surface area contributed by atoms with E-state index in [2.05, 4.69) is 9.98 Å². The molecule has 70 valence electrons. The van der Waals surface area contributed by atoms with Gasteiger partial charge in [-0.3, -0.25) is 0 Å². The number of furan rings is 1. The van der Waals surface area contributed by atoms with Crippen molar-refractivity contribution in [3.05, 3.63) is 23.6 Å². The van der Waals surface area contributed by atoms with Crippen LogP contribution in [0.25, 0.3) is 11.0 Å². The van der Waals surface area contributed by atoms with Gasteiger partial charge in [0.2, 0.25) is 6.08 Å². The van der Waals surface area contributed by atoms with E-state index >= 15 is 0 Å². The molecule has 0 aliphatic heterocycles. The molecule has 0 saturated carbocycles. The van der Waals surface area contributed by atoms with E-state index in [4.69, 9.17) is 4.42 Å². The standard InChI is InChI=1S/C10H8N2O2/c1-6-4-14-8-3-7(2)12-10(9(6)8)11-5-13/h3-4H,1-2H3. The number of aryl methyl sites for hydroxylation is 2. The van der Waals surface area contributed by atoms with Gasteiger partial charge in [-0.05, 0) is 19.4 Å². The summed E-state index contributed by atoms with van der Waals surface area (Å²) in [5.74, 6) is 0.376. The van der Waals surface area contributed by atoms with E-state index in [9.17, 15) is 4.79 Å². The van der Waals surface area contributed by atoms with Crippen LogP contribution in [0.15, 0.2) is 21.7 Å². The predicted octanol–water partition coefficient (Wildman–Crippen LogP) is 2.41. The van der Waals surface area contributed by atoms with Gasteiger partial charge >= 0.3 is 0 Å². The number of pyridine rings is 1. The number of fused-ring (bicyclic) bond motifs is 1. The molecule has 2 heterocycles. The topological polar surface area (TPSA) is 55.5 Å². The first-order valence-electron chi connectivity index (χ1n) is 4.15. The number of hydrogen-bond donors (Lipinski definition) is 0. The third-order valence-corrected chi connectivity index (χ3v) is 2.00. The lowest BCUT2D eigenvalue weighted by atomic mass is 10.2. The monoisotopic (exact) mass is 188 g/mol. The summed E-state index contributed by atoms with van der Waals surface area (Å²) in [7, 11) is 0. The first kappa shape index (κ1) is 8.66. The van der Waals surface area contributed by atoms with Crippen molar-refractivity contribution in [3.8, 4) is 0 Å². The van der Waals surface area contributed by atoms with Crippen LogP contribution in [0.5, 0.6) is 0 Å². The lowest BCUT2D eigenvalue weighted by Crippen LogP contribution is -1.82. The maximum Gasteiger partial charge on any atom is 0.242 e. The zero-order chi connectivity index (χ0) is 10.1. The van der Waals surface area contributed by atoms with Crippen LogP contribution in [0, 0.1) is 13.8 Å². The molecule has 0 spiro atoms. The molecule has 4 nitrogen and oxygen atoms in total. The molecule has 0 saturated heterocycles. The Morgan fingerprint density at radius 2 is 2.29 bits per heavy atom. The number of isocyanates is 1. The van der Waals surface area contributed by atoms with Crippen molar-refractivity contribution in [2.75, 3.05) is 0 Å². The SMILES string of the molecule is Cc1cc2occ(C)c2c(N=C=O)n1. The van der Waals surface area contributed by atoms with E-state index < -0.39 is 0 Å². The third-order valence-electron chi connectivity index (χ3n) is 2.00. The average molecular weight is 188 g/mol. The summed E-state index contributed by atoms with van der Waals surface area (Å²) in [6, 6.07) is 1.81. The van der Waals surface area contributed by atoms with Crippen molar-refractivity contribution >= 4 is 22.9 Å². The van der Waals surface area contributed by atoms with Crippen LogP contribution in [0.2, 0.25) is 0 Å². The van der Waals surface area contributed by atoms with Crippen LogP contribution in [-0.4, -0.2) is 11.1 Å². The summed E-state index contributed by atoms with van der Waals surface area (Å²) < 4.78 is 5.29. The smallest absolute Gasteiger partial charge is 0.242 e. The lowest BCUT2D eigenvalue weighted by Gasteiger charge is -1.96. The highest BCUT2D eigenvalue weighted by Crippen LogP contribution is 2.28. The molecular weight excluding hydrogens is 180 g/mol. The van der Waals surface area contributed by atoms with Gasteiger partial charge in [0.1, 0.15) is 5.58 Å². The highest BCUT2D eigenvalue weighted by molar-refractivity contribution is 5.90. The summed E-state index contributed by atoms with van der Waals surface area (Å²) in [5.41, 5.74) is 2.38. The maximum atomic E-state index is 10.2. The van der Waals surface area contributed by atoms with Gasteiger partial charge in [0.05, 0.1) is 11.6 Å². The van der Waals surface area contributed by atoms with Crippen molar-refractivity contribution in [1.82, 2.24) is 4.98 Å². The van der Waals surface area contributed by atoms with Crippen LogP contribution in [0.3, 0.4) is 0 Å². The Bertz CT molecular complexity index is 536. The minimum atomic E-state index is 0.376. The van der Waals surface area contributed by atoms with Gasteiger partial charge < -0.3 is 4.42 Å². The fraction of sp³-hybridized carbons (Fsp3) is 0.200. The molecule has 0 radical (unpaired) electrons. The molecule has 0 amide bonds. The zero-order valence-corrected chi connectivity index (χ0v) is 7.87. The quantitative estimate of drug-likeness (QED) is 0.510. The van der Waals surface area contributed by atoms with E-state index in [0.29, 0.717) is 11.4 Å². The normalized spacial score (nSPS) is 10.1. The maximum absolute atomic E-state index is 10.2. The van der Waals surface area contributed by atoms with Crippen molar-refractivity contribution in [2.24, 2.45) is 4.99 Å². The summed E-state index contributed by atoms with van der Waals surface area (Å²) in [6.07, 6.45) is 3.11. The van der Waals surface area contributed by atoms with E-state index in [1.54, 1.807) is 6.26 Å². The number of aliphatic imine (C=N–C) groups is 1. The zero-order valence-electron chi connectivity index (χ0n) is 7.87. The first-order chi connectivity index (χ1) is 6.72. The Morgan fingerprint density at radius 3 is 3.00 bits per heavy atom. The molecule has 0 aliphatic rings. The molecule has 0 atom stereocenters. The average Bonchev–Trinajstić information content (AvgIpc) is 2.48. The molecule has 2 aromatic rings. The third kappa shape index (κ3) is 1.22. The van der Waals surface area contributed by atoms with Gasteiger partial charge in [-0.15, -0.1) is 4.99 Å². The van der Waals surface area contributed by atoms with Crippen LogP contribution in [-0.2, 0) is 4.79 Å². The fourth-order valence-electron chi connectivity index (χ4n) is 1.43. The van der Waals surface area contributed by atoms with E-state index in [1.807, 2.05) is 19.9 Å². The summed E-state index contributed by atoms with van der Waals surface area (Å²) in [6.45, 7) is 3.70. The lowest BCUT2D eigenvalue weighted by molar-refractivity contribution is 0.565. The fourth-order valence-corrected chi connectivity index (χ4v) is 1.43. The second-order valence-electron chi connectivity index (χ2n) is 3.08. The number of aromatic nitrogens is 1. The van der Waals surface area contributed by atoms with E-state index in [-0.39, 0.29) is 0 Å². The Hall–Kier alpha value is -1.93. The van der Waals surface area contributed by atoms with Crippen molar-refractivity contribution in [2.45, 2.75) is 13.8 Å². The summed E-state index contributed by atoms with van der Waals surface area (Å²) in [4.78, 5) is 17.9. The molecule has 0 N–H and O–H groups in total. The highest BCUT2D eigenvalue weighted by Gasteiger charge is 2.09. The minimum absolute atomic E-state index is 0.376. The molecular formula is C10H8N2O2. The molecule has 4 heteroatoms. The van der Waals surface area contributed by atoms with Gasteiger partial charge in [0.15, 0.2) is 5.82 Å².